The summed E-state index contributed by atoms with van der Waals surface area (Å²) in [6, 6.07) is 7.15. The predicted octanol–water partition coefficient (Wildman–Crippen LogP) is 1.42. The van der Waals surface area contributed by atoms with Gasteiger partial charge in [-0.05, 0) is 18.1 Å². The standard InChI is InChI=1S/C14H16N2O3.ClH/c15-13(17)12-6-2-1-4-10(12)8-16-7-3-5-11(9-16)14(18)19;/h1-2,4-6H,3,7-9H2,(H2,15,17)(H,18,19);1H. The van der Waals surface area contributed by atoms with E-state index in [0.717, 1.165) is 12.1 Å². The lowest BCUT2D eigenvalue weighted by Crippen LogP contribution is -2.32. The minimum absolute atomic E-state index is 0. The van der Waals surface area contributed by atoms with Crippen LogP contribution in [-0.4, -0.2) is 35.0 Å². The molecule has 0 atom stereocenters. The molecule has 6 heteroatoms. The summed E-state index contributed by atoms with van der Waals surface area (Å²) in [5.74, 6) is -1.34. The van der Waals surface area contributed by atoms with E-state index in [4.69, 9.17) is 10.8 Å². The third kappa shape index (κ3) is 3.82. The fraction of sp³-hybridized carbons (Fsp3) is 0.286. The Hall–Kier alpha value is -1.85. The molecule has 20 heavy (non-hydrogen) atoms. The van der Waals surface area contributed by atoms with Crippen molar-refractivity contribution in [3.63, 3.8) is 0 Å². The number of halogens is 1. The van der Waals surface area contributed by atoms with Crippen LogP contribution in [0.1, 0.15) is 22.3 Å². The third-order valence-corrected chi connectivity index (χ3v) is 3.18. The molecule has 0 saturated carbocycles. The highest BCUT2D eigenvalue weighted by Gasteiger charge is 2.18. The van der Waals surface area contributed by atoms with Crippen LogP contribution in [0.5, 0.6) is 0 Å². The number of amides is 1. The number of carboxylic acids is 1. The molecule has 5 nitrogen and oxygen atoms in total. The van der Waals surface area contributed by atoms with Crippen molar-refractivity contribution >= 4 is 24.3 Å². The summed E-state index contributed by atoms with van der Waals surface area (Å²) in [4.78, 5) is 24.3. The van der Waals surface area contributed by atoms with Crippen molar-refractivity contribution in [3.8, 4) is 0 Å². The summed E-state index contributed by atoms with van der Waals surface area (Å²) in [6.45, 7) is 1.70. The average molecular weight is 297 g/mol. The monoisotopic (exact) mass is 296 g/mol. The predicted molar refractivity (Wildman–Crippen MR) is 77.8 cm³/mol. The quantitative estimate of drug-likeness (QED) is 0.880. The summed E-state index contributed by atoms with van der Waals surface area (Å²) in [5, 5.41) is 9.00. The zero-order valence-corrected chi connectivity index (χ0v) is 11.7. The summed E-state index contributed by atoms with van der Waals surface area (Å²) < 4.78 is 0. The summed E-state index contributed by atoms with van der Waals surface area (Å²) in [7, 11) is 0. The van der Waals surface area contributed by atoms with Crippen LogP contribution in [0.25, 0.3) is 0 Å². The van der Waals surface area contributed by atoms with Gasteiger partial charge in [-0.1, -0.05) is 24.3 Å². The van der Waals surface area contributed by atoms with E-state index in [1.54, 1.807) is 18.2 Å². The molecule has 0 bridgehead atoms. The molecule has 0 saturated heterocycles. The second kappa shape index (κ2) is 7.07. The van der Waals surface area contributed by atoms with E-state index in [2.05, 4.69) is 0 Å². The number of primary amides is 1. The molecule has 3 N–H and O–H groups in total. The molecule has 0 radical (unpaired) electrons. The lowest BCUT2D eigenvalue weighted by atomic mass is 10.0. The smallest absolute Gasteiger partial charge is 0.332 e. The van der Waals surface area contributed by atoms with Gasteiger partial charge in [0.05, 0.1) is 0 Å². The molecule has 1 aliphatic rings. The number of hydrogen-bond acceptors (Lipinski definition) is 3. The van der Waals surface area contributed by atoms with Crippen molar-refractivity contribution < 1.29 is 14.7 Å². The first-order valence-corrected chi connectivity index (χ1v) is 6.10. The van der Waals surface area contributed by atoms with Gasteiger partial charge in [0, 0.05) is 30.8 Å². The lowest BCUT2D eigenvalue weighted by Gasteiger charge is -2.26. The molecule has 108 valence electrons. The molecule has 1 aromatic rings. The molecule has 0 aliphatic carbocycles. The minimum Gasteiger partial charge on any atom is -0.478 e. The Bertz CT molecular complexity index is 543. The average Bonchev–Trinajstić information content (AvgIpc) is 2.39. The first kappa shape index (κ1) is 16.2. The van der Waals surface area contributed by atoms with E-state index >= 15 is 0 Å². The Labute approximate surface area is 123 Å². The van der Waals surface area contributed by atoms with Crippen molar-refractivity contribution in [3.05, 3.63) is 47.0 Å². The van der Waals surface area contributed by atoms with Crippen molar-refractivity contribution in [1.29, 1.82) is 0 Å². The molecular formula is C14H17ClN2O3. The van der Waals surface area contributed by atoms with E-state index < -0.39 is 11.9 Å². The largest absolute Gasteiger partial charge is 0.478 e. The van der Waals surface area contributed by atoms with Crippen LogP contribution in [0, 0.1) is 0 Å². The van der Waals surface area contributed by atoms with Gasteiger partial charge in [-0.15, -0.1) is 12.4 Å². The fourth-order valence-electron chi connectivity index (χ4n) is 2.24. The van der Waals surface area contributed by atoms with Crippen molar-refractivity contribution in [2.75, 3.05) is 13.1 Å². The van der Waals surface area contributed by atoms with Crippen molar-refractivity contribution in [1.82, 2.24) is 4.90 Å². The first-order chi connectivity index (χ1) is 9.08. The normalized spacial score (nSPS) is 15.1. The zero-order chi connectivity index (χ0) is 13.8. The van der Waals surface area contributed by atoms with E-state index in [9.17, 15) is 9.59 Å². The highest BCUT2D eigenvalue weighted by Crippen LogP contribution is 2.16. The molecule has 0 fully saturated rings. The van der Waals surface area contributed by atoms with Gasteiger partial charge in [0.15, 0.2) is 0 Å². The molecule has 1 aromatic carbocycles. The maximum atomic E-state index is 11.3. The van der Waals surface area contributed by atoms with E-state index in [1.807, 2.05) is 17.0 Å². The SMILES string of the molecule is Cl.NC(=O)c1ccccc1CN1CCC=C(C(=O)O)C1. The van der Waals surface area contributed by atoms with E-state index in [0.29, 0.717) is 30.6 Å². The number of aliphatic carboxylic acids is 1. The van der Waals surface area contributed by atoms with Crippen LogP contribution < -0.4 is 5.73 Å². The second-order valence-corrected chi connectivity index (χ2v) is 4.56. The fourth-order valence-corrected chi connectivity index (χ4v) is 2.24. The topological polar surface area (TPSA) is 83.6 Å². The van der Waals surface area contributed by atoms with Crippen LogP contribution in [0.4, 0.5) is 0 Å². The van der Waals surface area contributed by atoms with Crippen LogP contribution in [0.3, 0.4) is 0 Å². The molecule has 2 rings (SSSR count). The molecule has 1 amide bonds. The van der Waals surface area contributed by atoms with Crippen molar-refractivity contribution in [2.45, 2.75) is 13.0 Å². The van der Waals surface area contributed by atoms with Gasteiger partial charge < -0.3 is 10.8 Å². The number of carbonyl (C=O) groups excluding carboxylic acids is 1. The summed E-state index contributed by atoms with van der Waals surface area (Å²) in [6.07, 6.45) is 2.46. The number of nitrogens with two attached hydrogens (primary N) is 1. The number of carboxylic acid groups (broad SMARTS) is 1. The highest BCUT2D eigenvalue weighted by molar-refractivity contribution is 5.94. The third-order valence-electron chi connectivity index (χ3n) is 3.18. The Morgan fingerprint density at radius 2 is 2.00 bits per heavy atom. The highest BCUT2D eigenvalue weighted by atomic mass is 35.5. The van der Waals surface area contributed by atoms with Crippen LogP contribution in [0.15, 0.2) is 35.9 Å². The molecule has 0 unspecified atom stereocenters. The van der Waals surface area contributed by atoms with Crippen molar-refractivity contribution in [2.24, 2.45) is 5.73 Å². The van der Waals surface area contributed by atoms with Gasteiger partial charge in [-0.2, -0.15) is 0 Å². The van der Waals surface area contributed by atoms with Gasteiger partial charge in [0.2, 0.25) is 5.91 Å². The summed E-state index contributed by atoms with van der Waals surface area (Å²) in [5.41, 5.74) is 7.07. The number of rotatable bonds is 4. The van der Waals surface area contributed by atoms with Gasteiger partial charge in [-0.3, -0.25) is 9.69 Å². The lowest BCUT2D eigenvalue weighted by molar-refractivity contribution is -0.133. The number of carbonyl (C=O) groups is 2. The Balaban J connectivity index is 0.00000200. The second-order valence-electron chi connectivity index (χ2n) is 4.56. The van der Waals surface area contributed by atoms with Gasteiger partial charge in [0.1, 0.15) is 0 Å². The maximum absolute atomic E-state index is 11.3. The van der Waals surface area contributed by atoms with E-state index in [-0.39, 0.29) is 12.4 Å². The van der Waals surface area contributed by atoms with Crippen LogP contribution in [-0.2, 0) is 11.3 Å². The minimum atomic E-state index is -0.882. The molecule has 0 aromatic heterocycles. The first-order valence-electron chi connectivity index (χ1n) is 6.10. The molecular weight excluding hydrogens is 280 g/mol. The van der Waals surface area contributed by atoms with Gasteiger partial charge >= 0.3 is 5.97 Å². The molecule has 1 aliphatic heterocycles. The van der Waals surface area contributed by atoms with Crippen LogP contribution >= 0.6 is 12.4 Å². The Morgan fingerprint density at radius 1 is 1.30 bits per heavy atom. The Kier molecular flexibility index (Phi) is 5.73. The zero-order valence-electron chi connectivity index (χ0n) is 10.9. The number of nitrogens with zero attached hydrogens (tertiary/aromatic N) is 1. The number of hydrogen-bond donors (Lipinski definition) is 2. The van der Waals surface area contributed by atoms with Gasteiger partial charge in [-0.25, -0.2) is 4.79 Å². The summed E-state index contributed by atoms with van der Waals surface area (Å²) >= 11 is 0. The molecule has 0 spiro atoms. The Morgan fingerprint density at radius 3 is 2.65 bits per heavy atom. The van der Waals surface area contributed by atoms with E-state index in [1.165, 1.54) is 0 Å². The number of benzene rings is 1. The maximum Gasteiger partial charge on any atom is 0.332 e. The van der Waals surface area contributed by atoms with Gasteiger partial charge in [0.25, 0.3) is 0 Å². The molecule has 1 heterocycles. The van der Waals surface area contributed by atoms with Crippen LogP contribution in [0.2, 0.25) is 0 Å².